The van der Waals surface area contributed by atoms with E-state index in [0.29, 0.717) is 11.6 Å². The Hall–Kier alpha value is -2.79. The smallest absolute Gasteiger partial charge is 0.322 e. The Morgan fingerprint density at radius 2 is 1.32 bits per heavy atom. The number of ether oxygens (including phenoxy) is 2. The van der Waals surface area contributed by atoms with E-state index >= 15 is 0 Å². The number of rotatable bonds is 9. The maximum absolute atomic E-state index is 14.4. The van der Waals surface area contributed by atoms with Crippen molar-refractivity contribution in [3.63, 3.8) is 0 Å². The number of carbonyl (C=O) groups is 1. The van der Waals surface area contributed by atoms with E-state index in [2.05, 4.69) is 0 Å². The first kappa shape index (κ1) is 31.4. The average molecular weight is 596 g/mol. The van der Waals surface area contributed by atoms with E-state index in [9.17, 15) is 61.9 Å². The lowest BCUT2D eigenvalue weighted by molar-refractivity contribution is -0.535. The lowest BCUT2D eigenvalue weighted by Gasteiger charge is -2.35. The van der Waals surface area contributed by atoms with Crippen molar-refractivity contribution in [3.05, 3.63) is 64.2 Å². The maximum atomic E-state index is 14.4. The predicted molar refractivity (Wildman–Crippen MR) is 102 cm³/mol. The summed E-state index contributed by atoms with van der Waals surface area (Å²) < 4.78 is 176. The van der Waals surface area contributed by atoms with Crippen molar-refractivity contribution in [3.8, 4) is 0 Å². The van der Waals surface area contributed by atoms with Gasteiger partial charge >= 0.3 is 36.5 Å². The molecule has 1 amide bonds. The van der Waals surface area contributed by atoms with Gasteiger partial charge in [0.1, 0.15) is 0 Å². The molecule has 0 spiro atoms. The topological polar surface area (TPSA) is 47.6 Å². The van der Waals surface area contributed by atoms with Crippen molar-refractivity contribution in [1.29, 1.82) is 0 Å². The molecule has 2 rings (SSSR count). The number of hydrogen-bond donors (Lipinski definition) is 1. The molecule has 0 saturated carbocycles. The van der Waals surface area contributed by atoms with E-state index in [1.54, 1.807) is 6.92 Å². The van der Waals surface area contributed by atoms with E-state index in [1.807, 2.05) is 10.1 Å². The summed E-state index contributed by atoms with van der Waals surface area (Å²) in [5.74, 6) is -14.5. The number of benzene rings is 2. The minimum absolute atomic E-state index is 0.0720. The van der Waals surface area contributed by atoms with Gasteiger partial charge in [0.25, 0.3) is 5.91 Å². The number of alkyl halides is 13. The average Bonchev–Trinajstić information content (AvgIpc) is 2.73. The van der Waals surface area contributed by atoms with Gasteiger partial charge in [-0.1, -0.05) is 29.8 Å². The van der Waals surface area contributed by atoms with Crippen LogP contribution in [-0.4, -0.2) is 36.5 Å². The third-order valence-electron chi connectivity index (χ3n) is 4.51. The number of hydrogen-bond acceptors (Lipinski definition) is 3. The van der Waals surface area contributed by atoms with Gasteiger partial charge in [0, 0.05) is 21.8 Å². The van der Waals surface area contributed by atoms with Crippen LogP contribution in [0, 0.1) is 6.92 Å². The number of aryl methyl sites for hydroxylation is 1. The molecule has 212 valence electrons. The third-order valence-corrected chi connectivity index (χ3v) is 4.92. The van der Waals surface area contributed by atoms with Gasteiger partial charge in [-0.2, -0.15) is 43.9 Å². The van der Waals surface area contributed by atoms with Gasteiger partial charge in [-0.3, -0.25) is 4.79 Å². The van der Waals surface area contributed by atoms with Crippen molar-refractivity contribution in [1.82, 2.24) is 0 Å². The summed E-state index contributed by atoms with van der Waals surface area (Å²) in [6.07, 6.45) is -28.0. The molecular weight excluding hydrogens is 585 g/mol. The summed E-state index contributed by atoms with van der Waals surface area (Å²) in [5.41, 5.74) is -2.23. The SMILES string of the molecule is Cc1ccc(C(=O)Nc2cccc(C(F)(F)C(F)(F)OC(F)(F)C(F)(F)C(F)(F)OC(F)(F)F)c2)cc1Cl. The molecule has 1 N–H and O–H groups in total. The molecule has 0 atom stereocenters. The Labute approximate surface area is 208 Å². The molecule has 18 heteroatoms. The highest BCUT2D eigenvalue weighted by molar-refractivity contribution is 6.31. The van der Waals surface area contributed by atoms with Crippen molar-refractivity contribution in [2.24, 2.45) is 0 Å². The van der Waals surface area contributed by atoms with E-state index < -0.39 is 53.7 Å². The number of halogens is 14. The molecule has 38 heavy (non-hydrogen) atoms. The van der Waals surface area contributed by atoms with E-state index in [4.69, 9.17) is 11.6 Å². The number of carbonyl (C=O) groups excluding carboxylic acids is 1. The van der Waals surface area contributed by atoms with Crippen LogP contribution < -0.4 is 5.32 Å². The Kier molecular flexibility index (Phi) is 8.33. The Morgan fingerprint density at radius 3 is 1.84 bits per heavy atom. The maximum Gasteiger partial charge on any atom is 0.527 e. The van der Waals surface area contributed by atoms with E-state index in [0.717, 1.165) is 12.1 Å². The van der Waals surface area contributed by atoms with Crippen LogP contribution in [0.15, 0.2) is 42.5 Å². The zero-order valence-electron chi connectivity index (χ0n) is 18.1. The first-order valence-electron chi connectivity index (χ1n) is 9.48. The summed E-state index contributed by atoms with van der Waals surface area (Å²) >= 11 is 5.84. The van der Waals surface area contributed by atoms with E-state index in [-0.39, 0.29) is 22.7 Å². The lowest BCUT2D eigenvalue weighted by atomic mass is 10.1. The number of nitrogens with one attached hydrogen (secondary N) is 1. The molecule has 4 nitrogen and oxygen atoms in total. The van der Waals surface area contributed by atoms with Gasteiger partial charge in [0.15, 0.2) is 0 Å². The third kappa shape index (κ3) is 6.43. The van der Waals surface area contributed by atoms with Crippen molar-refractivity contribution >= 4 is 23.2 Å². The molecule has 0 saturated heterocycles. The molecule has 0 aromatic heterocycles. The number of amides is 1. The van der Waals surface area contributed by atoms with Crippen molar-refractivity contribution in [2.75, 3.05) is 5.32 Å². The van der Waals surface area contributed by atoms with Crippen LogP contribution in [0.1, 0.15) is 21.5 Å². The fraction of sp³-hybridized carbons (Fsp3) is 0.350. The van der Waals surface area contributed by atoms with Crippen LogP contribution in [-0.2, 0) is 15.4 Å². The number of anilines is 1. The Balaban J connectivity index is 2.34. The van der Waals surface area contributed by atoms with Gasteiger partial charge in [0.05, 0.1) is 0 Å². The largest absolute Gasteiger partial charge is 0.527 e. The zero-order valence-corrected chi connectivity index (χ0v) is 18.8. The summed E-state index contributed by atoms with van der Waals surface area (Å²) in [7, 11) is 0. The highest BCUT2D eigenvalue weighted by Gasteiger charge is 2.80. The van der Waals surface area contributed by atoms with Gasteiger partial charge in [-0.25, -0.2) is 9.47 Å². The Bertz CT molecular complexity index is 1180. The van der Waals surface area contributed by atoms with Crippen LogP contribution in [0.5, 0.6) is 0 Å². The van der Waals surface area contributed by atoms with Gasteiger partial charge in [-0.15, -0.1) is 13.2 Å². The van der Waals surface area contributed by atoms with Crippen LogP contribution >= 0.6 is 11.6 Å². The molecule has 0 fully saturated rings. The van der Waals surface area contributed by atoms with Gasteiger partial charge in [-0.05, 0) is 36.8 Å². The summed E-state index contributed by atoms with van der Waals surface area (Å²) in [6.45, 7) is 1.57. The Morgan fingerprint density at radius 1 is 0.763 bits per heavy atom. The van der Waals surface area contributed by atoms with Crippen molar-refractivity contribution in [2.45, 2.75) is 43.5 Å². The van der Waals surface area contributed by atoms with Crippen LogP contribution in [0.4, 0.5) is 62.8 Å². The minimum atomic E-state index is -7.53. The molecule has 0 bridgehead atoms. The van der Waals surface area contributed by atoms with Crippen LogP contribution in [0.2, 0.25) is 5.02 Å². The zero-order chi connectivity index (χ0) is 29.5. The lowest BCUT2D eigenvalue weighted by Crippen LogP contribution is -2.61. The normalized spacial score (nSPS) is 14.0. The predicted octanol–water partition coefficient (Wildman–Crippen LogP) is 7.96. The second-order valence-electron chi connectivity index (χ2n) is 7.35. The van der Waals surface area contributed by atoms with E-state index in [1.165, 1.54) is 16.9 Å². The fourth-order valence-electron chi connectivity index (χ4n) is 2.57. The highest BCUT2D eigenvalue weighted by atomic mass is 35.5. The summed E-state index contributed by atoms with van der Waals surface area (Å²) in [5, 5.41) is 2.09. The molecular formula is C20H11ClF13NO3. The molecule has 0 aliphatic rings. The first-order valence-corrected chi connectivity index (χ1v) is 9.85. The highest BCUT2D eigenvalue weighted by Crippen LogP contribution is 2.54. The van der Waals surface area contributed by atoms with Crippen LogP contribution in [0.3, 0.4) is 0 Å². The van der Waals surface area contributed by atoms with Gasteiger partial charge in [0.2, 0.25) is 0 Å². The molecule has 0 aliphatic heterocycles. The minimum Gasteiger partial charge on any atom is -0.322 e. The molecule has 2 aromatic carbocycles. The molecule has 2 aromatic rings. The summed E-state index contributed by atoms with van der Waals surface area (Å²) in [4.78, 5) is 12.3. The van der Waals surface area contributed by atoms with Crippen molar-refractivity contribution < 1.29 is 71.3 Å². The molecule has 0 aliphatic carbocycles. The molecule has 0 unspecified atom stereocenters. The standard InChI is InChI=1S/C20H11ClF13NO3/c1-9-5-6-10(7-13(9)21)14(36)35-12-4-2-3-11(8-12)15(22,23)17(26,27)37-18(28,29)16(24,25)19(30,31)38-20(32,33)34/h2-8H,1H3,(H,35,36). The molecule has 0 heterocycles. The quantitative estimate of drug-likeness (QED) is 0.299. The summed E-state index contributed by atoms with van der Waals surface area (Å²) in [6, 6.07) is 5.40. The first-order chi connectivity index (χ1) is 16.9. The molecule has 0 radical (unpaired) electrons. The second-order valence-corrected chi connectivity index (χ2v) is 7.76. The van der Waals surface area contributed by atoms with Gasteiger partial charge < -0.3 is 5.32 Å². The monoisotopic (exact) mass is 595 g/mol. The second kappa shape index (κ2) is 10.1. The fourth-order valence-corrected chi connectivity index (χ4v) is 2.75. The van der Waals surface area contributed by atoms with Crippen LogP contribution in [0.25, 0.3) is 0 Å².